The molecular weight excluding hydrogens is 368 g/mol. The monoisotopic (exact) mass is 392 g/mol. The zero-order valence-corrected chi connectivity index (χ0v) is 16.4. The fourth-order valence-electron chi connectivity index (χ4n) is 4.08. The van der Waals surface area contributed by atoms with E-state index in [9.17, 15) is 14.7 Å². The Morgan fingerprint density at radius 1 is 1.34 bits per heavy atom. The number of likely N-dealkylation sites (N-methyl/N-ethyl adjacent to an activating group) is 1. The second-order valence-corrected chi connectivity index (χ2v) is 7.77. The van der Waals surface area contributed by atoms with Crippen LogP contribution in [0, 0.1) is 11.8 Å². The third-order valence-corrected chi connectivity index (χ3v) is 5.69. The first-order valence-electron chi connectivity index (χ1n) is 9.85. The molecule has 150 valence electrons. The first-order chi connectivity index (χ1) is 13.9. The lowest BCUT2D eigenvalue weighted by Gasteiger charge is -2.17. The minimum absolute atomic E-state index is 0.103. The molecule has 2 aliphatic heterocycles. The van der Waals surface area contributed by atoms with Gasteiger partial charge in [-0.2, -0.15) is 0 Å². The largest absolute Gasteiger partial charge is 0.379 e. The van der Waals surface area contributed by atoms with Crippen molar-refractivity contribution in [2.45, 2.75) is 44.2 Å². The molecule has 1 aromatic carbocycles. The molecule has 0 bridgehead atoms. The number of nitrogens with two attached hydrogens (primary N) is 1. The van der Waals surface area contributed by atoms with E-state index in [-0.39, 0.29) is 12.3 Å². The van der Waals surface area contributed by atoms with Gasteiger partial charge in [-0.3, -0.25) is 9.59 Å². The SMILES string of the molecule is CN1CC[C@@](O)(CC#Cc2cccc(-c3nc(C(N)=O)n4c3CCCC4)c2)C1=O. The number of benzene rings is 1. The van der Waals surface area contributed by atoms with Gasteiger partial charge < -0.3 is 20.3 Å². The van der Waals surface area contributed by atoms with Gasteiger partial charge in [0.05, 0.1) is 5.69 Å². The van der Waals surface area contributed by atoms with E-state index in [4.69, 9.17) is 5.73 Å². The highest BCUT2D eigenvalue weighted by Crippen LogP contribution is 2.29. The Labute approximate surface area is 169 Å². The lowest BCUT2D eigenvalue weighted by atomic mass is 9.98. The van der Waals surface area contributed by atoms with E-state index < -0.39 is 11.5 Å². The zero-order valence-electron chi connectivity index (χ0n) is 16.4. The van der Waals surface area contributed by atoms with Crippen LogP contribution in [0.2, 0.25) is 0 Å². The minimum Gasteiger partial charge on any atom is -0.379 e. The molecule has 1 aromatic heterocycles. The van der Waals surface area contributed by atoms with E-state index in [1.807, 2.05) is 28.8 Å². The van der Waals surface area contributed by atoms with Crippen molar-refractivity contribution in [2.75, 3.05) is 13.6 Å². The van der Waals surface area contributed by atoms with E-state index in [0.717, 1.165) is 48.3 Å². The number of hydrogen-bond acceptors (Lipinski definition) is 4. The summed E-state index contributed by atoms with van der Waals surface area (Å²) in [5.41, 5.74) is 7.58. The van der Waals surface area contributed by atoms with Crippen molar-refractivity contribution in [3.63, 3.8) is 0 Å². The number of hydrogen-bond donors (Lipinski definition) is 2. The highest BCUT2D eigenvalue weighted by atomic mass is 16.3. The van der Waals surface area contributed by atoms with E-state index in [1.165, 1.54) is 4.90 Å². The number of aliphatic hydroxyl groups is 1. The summed E-state index contributed by atoms with van der Waals surface area (Å²) < 4.78 is 1.93. The number of rotatable bonds is 3. The molecule has 0 spiro atoms. The Morgan fingerprint density at radius 3 is 2.90 bits per heavy atom. The number of nitrogens with zero attached hydrogens (tertiary/aromatic N) is 3. The quantitative estimate of drug-likeness (QED) is 0.769. The predicted molar refractivity (Wildman–Crippen MR) is 108 cm³/mol. The number of primary amides is 1. The fraction of sp³-hybridized carbons (Fsp3) is 0.409. The topological polar surface area (TPSA) is 101 Å². The molecule has 1 atom stereocenters. The second-order valence-electron chi connectivity index (χ2n) is 7.77. The smallest absolute Gasteiger partial charge is 0.284 e. The first-order valence-corrected chi connectivity index (χ1v) is 9.85. The van der Waals surface area contributed by atoms with E-state index in [0.29, 0.717) is 18.8 Å². The lowest BCUT2D eigenvalue weighted by molar-refractivity contribution is -0.141. The minimum atomic E-state index is -1.39. The number of fused-ring (bicyclic) bond motifs is 1. The summed E-state index contributed by atoms with van der Waals surface area (Å²) in [6, 6.07) is 7.63. The number of carbonyl (C=O) groups is 2. The van der Waals surface area contributed by atoms with Gasteiger partial charge >= 0.3 is 0 Å². The van der Waals surface area contributed by atoms with Gasteiger partial charge in [-0.1, -0.05) is 24.0 Å². The van der Waals surface area contributed by atoms with Crippen LogP contribution in [0.3, 0.4) is 0 Å². The Kier molecular flexibility index (Phi) is 4.89. The van der Waals surface area contributed by atoms with Crippen LogP contribution in [0.4, 0.5) is 0 Å². The van der Waals surface area contributed by atoms with Crippen LogP contribution >= 0.6 is 0 Å². The van der Waals surface area contributed by atoms with E-state index in [2.05, 4.69) is 16.8 Å². The molecule has 2 aliphatic rings. The summed E-state index contributed by atoms with van der Waals surface area (Å²) in [6.07, 6.45) is 3.41. The summed E-state index contributed by atoms with van der Waals surface area (Å²) in [4.78, 5) is 29.9. The average Bonchev–Trinajstić information content (AvgIpc) is 3.22. The van der Waals surface area contributed by atoms with Gasteiger partial charge in [0.25, 0.3) is 11.8 Å². The third-order valence-electron chi connectivity index (χ3n) is 5.69. The van der Waals surface area contributed by atoms with Crippen molar-refractivity contribution >= 4 is 11.8 Å². The summed E-state index contributed by atoms with van der Waals surface area (Å²) >= 11 is 0. The molecule has 0 unspecified atom stereocenters. The van der Waals surface area contributed by atoms with Crippen LogP contribution in [-0.4, -0.2) is 50.6 Å². The molecule has 3 heterocycles. The molecule has 0 aliphatic carbocycles. The molecule has 3 N–H and O–H groups in total. The normalized spacial score (nSPS) is 20.9. The Balaban J connectivity index is 1.61. The standard InChI is InChI=1S/C22H24N4O3/c1-25-13-11-22(29,21(25)28)10-5-7-15-6-4-8-16(14-15)18-17-9-2-3-12-26(17)20(24-18)19(23)27/h4,6,8,14,29H,2-3,9-13H2,1H3,(H2,23,27)/t22-/m0/s1. The lowest BCUT2D eigenvalue weighted by Crippen LogP contribution is -2.38. The highest BCUT2D eigenvalue weighted by Gasteiger charge is 2.42. The van der Waals surface area contributed by atoms with Crippen LogP contribution in [0.15, 0.2) is 24.3 Å². The summed E-state index contributed by atoms with van der Waals surface area (Å²) in [7, 11) is 1.68. The van der Waals surface area contributed by atoms with Gasteiger partial charge in [0, 0.05) is 49.8 Å². The van der Waals surface area contributed by atoms with Crippen LogP contribution in [0.25, 0.3) is 11.3 Å². The maximum atomic E-state index is 12.1. The predicted octanol–water partition coefficient (Wildman–Crippen LogP) is 1.32. The molecule has 7 nitrogen and oxygen atoms in total. The number of likely N-dealkylation sites (tertiary alicyclic amines) is 1. The highest BCUT2D eigenvalue weighted by molar-refractivity contribution is 5.90. The molecule has 29 heavy (non-hydrogen) atoms. The zero-order chi connectivity index (χ0) is 20.6. The molecule has 2 aromatic rings. The van der Waals surface area contributed by atoms with E-state index in [1.54, 1.807) is 7.05 Å². The number of imidazole rings is 1. The van der Waals surface area contributed by atoms with Gasteiger partial charge in [0.2, 0.25) is 0 Å². The van der Waals surface area contributed by atoms with Gasteiger partial charge in [-0.15, -0.1) is 0 Å². The summed E-state index contributed by atoms with van der Waals surface area (Å²) in [5, 5.41) is 10.5. The van der Waals surface area contributed by atoms with Crippen molar-refractivity contribution < 1.29 is 14.7 Å². The Bertz CT molecular complexity index is 1050. The summed E-state index contributed by atoms with van der Waals surface area (Å²) in [6.45, 7) is 1.29. The van der Waals surface area contributed by atoms with Gasteiger partial charge in [-0.05, 0) is 31.4 Å². The van der Waals surface area contributed by atoms with Crippen molar-refractivity contribution in [3.8, 4) is 23.1 Å². The second kappa shape index (κ2) is 7.37. The molecular formula is C22H24N4O3. The Hall–Kier alpha value is -3.11. The fourth-order valence-corrected chi connectivity index (χ4v) is 4.08. The summed E-state index contributed by atoms with van der Waals surface area (Å²) in [5.74, 6) is 5.51. The van der Waals surface area contributed by atoms with Crippen LogP contribution in [0.1, 0.15) is 47.6 Å². The van der Waals surface area contributed by atoms with Gasteiger partial charge in [-0.25, -0.2) is 4.98 Å². The maximum Gasteiger partial charge on any atom is 0.284 e. The van der Waals surface area contributed by atoms with Crippen molar-refractivity contribution in [1.29, 1.82) is 0 Å². The van der Waals surface area contributed by atoms with Crippen molar-refractivity contribution in [1.82, 2.24) is 14.5 Å². The van der Waals surface area contributed by atoms with Gasteiger partial charge in [0.15, 0.2) is 11.4 Å². The number of aromatic nitrogens is 2. The van der Waals surface area contributed by atoms with E-state index >= 15 is 0 Å². The average molecular weight is 392 g/mol. The molecule has 7 heteroatoms. The van der Waals surface area contributed by atoms with Crippen LogP contribution < -0.4 is 5.73 Å². The maximum absolute atomic E-state index is 12.1. The number of amides is 2. The molecule has 0 saturated carbocycles. The Morgan fingerprint density at radius 2 is 2.17 bits per heavy atom. The first kappa shape index (κ1) is 19.2. The van der Waals surface area contributed by atoms with Crippen LogP contribution in [-0.2, 0) is 17.8 Å². The molecule has 1 fully saturated rings. The van der Waals surface area contributed by atoms with Crippen molar-refractivity contribution in [2.24, 2.45) is 5.73 Å². The van der Waals surface area contributed by atoms with Crippen molar-refractivity contribution in [3.05, 3.63) is 41.3 Å². The molecule has 2 amide bonds. The number of carbonyl (C=O) groups excluding carboxylic acids is 2. The van der Waals surface area contributed by atoms with Crippen LogP contribution in [0.5, 0.6) is 0 Å². The van der Waals surface area contributed by atoms with Gasteiger partial charge in [0.1, 0.15) is 0 Å². The molecule has 0 radical (unpaired) electrons. The molecule has 1 saturated heterocycles. The third kappa shape index (κ3) is 3.52. The molecule has 4 rings (SSSR count).